The Hall–Kier alpha value is -0.650. The molecule has 3 N–H and O–H groups in total. The van der Waals surface area contributed by atoms with Gasteiger partial charge in [0, 0.05) is 19.6 Å². The molecule has 5 heteroatoms. The van der Waals surface area contributed by atoms with Gasteiger partial charge in [-0.15, -0.1) is 0 Å². The van der Waals surface area contributed by atoms with Gasteiger partial charge in [0.05, 0.1) is 18.8 Å². The Balaban J connectivity index is 1.84. The third-order valence-corrected chi connectivity index (χ3v) is 3.13. The predicted octanol–water partition coefficient (Wildman–Crippen LogP) is -1.08. The van der Waals surface area contributed by atoms with Gasteiger partial charge in [0.15, 0.2) is 0 Å². The molecule has 86 valence electrons. The summed E-state index contributed by atoms with van der Waals surface area (Å²) in [4.78, 5) is 13.3. The van der Waals surface area contributed by atoms with Crippen LogP contribution < -0.4 is 11.1 Å². The van der Waals surface area contributed by atoms with Gasteiger partial charge in [-0.05, 0) is 19.4 Å². The van der Waals surface area contributed by atoms with Crippen molar-refractivity contribution in [1.29, 1.82) is 0 Å². The van der Waals surface area contributed by atoms with E-state index in [1.165, 1.54) is 0 Å². The van der Waals surface area contributed by atoms with Crippen LogP contribution in [-0.4, -0.2) is 55.7 Å². The minimum absolute atomic E-state index is 0.0736. The maximum Gasteiger partial charge on any atom is 0.234 e. The number of rotatable bonds is 3. The van der Waals surface area contributed by atoms with Crippen LogP contribution in [0.3, 0.4) is 0 Å². The number of hydrogen-bond donors (Lipinski definition) is 2. The molecular formula is C10H19N3O2. The van der Waals surface area contributed by atoms with Crippen molar-refractivity contribution >= 4 is 5.91 Å². The molecule has 0 aliphatic carbocycles. The molecule has 15 heavy (non-hydrogen) atoms. The van der Waals surface area contributed by atoms with E-state index in [0.29, 0.717) is 0 Å². The summed E-state index contributed by atoms with van der Waals surface area (Å²) in [6.07, 6.45) is 2.17. The van der Waals surface area contributed by atoms with Crippen LogP contribution >= 0.6 is 0 Å². The van der Waals surface area contributed by atoms with Gasteiger partial charge in [-0.25, -0.2) is 0 Å². The highest BCUT2D eigenvalue weighted by Crippen LogP contribution is 2.17. The zero-order valence-electron chi connectivity index (χ0n) is 8.95. The molecule has 2 saturated heterocycles. The number of nitrogens with zero attached hydrogens (tertiary/aromatic N) is 1. The second kappa shape index (κ2) is 4.92. The summed E-state index contributed by atoms with van der Waals surface area (Å²) in [6.45, 7) is 4.35. The number of likely N-dealkylation sites (tertiary alicyclic amines) is 1. The molecule has 2 aliphatic heterocycles. The van der Waals surface area contributed by atoms with Gasteiger partial charge in [-0.1, -0.05) is 0 Å². The van der Waals surface area contributed by atoms with Gasteiger partial charge in [0.25, 0.3) is 0 Å². The van der Waals surface area contributed by atoms with Crippen molar-refractivity contribution in [3.63, 3.8) is 0 Å². The normalized spacial score (nSPS) is 33.1. The molecule has 2 unspecified atom stereocenters. The van der Waals surface area contributed by atoms with Crippen molar-refractivity contribution in [1.82, 2.24) is 10.2 Å². The molecule has 0 aromatic rings. The second-order valence-electron chi connectivity index (χ2n) is 4.25. The Morgan fingerprint density at radius 3 is 3.13 bits per heavy atom. The van der Waals surface area contributed by atoms with Crippen molar-refractivity contribution < 1.29 is 9.53 Å². The Morgan fingerprint density at radius 1 is 1.60 bits per heavy atom. The molecule has 0 bridgehead atoms. The first kappa shape index (κ1) is 10.9. The topological polar surface area (TPSA) is 67.6 Å². The van der Waals surface area contributed by atoms with E-state index in [0.717, 1.165) is 45.6 Å². The lowest BCUT2D eigenvalue weighted by Crippen LogP contribution is -2.49. The fourth-order valence-corrected chi connectivity index (χ4v) is 2.37. The maximum atomic E-state index is 11.2. The van der Waals surface area contributed by atoms with Crippen molar-refractivity contribution in [2.75, 3.05) is 32.8 Å². The average Bonchev–Trinajstić information content (AvgIpc) is 2.67. The highest BCUT2D eigenvalue weighted by molar-refractivity contribution is 5.80. The van der Waals surface area contributed by atoms with E-state index in [4.69, 9.17) is 10.5 Å². The fourth-order valence-electron chi connectivity index (χ4n) is 2.37. The SMILES string of the molecule is NC(=O)C1CCCN1CC1CNCCO1. The quantitative estimate of drug-likeness (QED) is 0.626. The van der Waals surface area contributed by atoms with E-state index in [2.05, 4.69) is 10.2 Å². The van der Waals surface area contributed by atoms with E-state index in [9.17, 15) is 4.79 Å². The number of nitrogens with one attached hydrogen (secondary N) is 1. The fraction of sp³-hybridized carbons (Fsp3) is 0.900. The van der Waals surface area contributed by atoms with Gasteiger partial charge in [0.2, 0.25) is 5.91 Å². The van der Waals surface area contributed by atoms with E-state index >= 15 is 0 Å². The zero-order valence-corrected chi connectivity index (χ0v) is 8.95. The monoisotopic (exact) mass is 213 g/mol. The smallest absolute Gasteiger partial charge is 0.234 e. The number of morpholine rings is 1. The summed E-state index contributed by atoms with van der Waals surface area (Å²) in [5, 5.41) is 3.28. The van der Waals surface area contributed by atoms with Crippen LogP contribution in [0.4, 0.5) is 0 Å². The molecule has 1 amide bonds. The first-order valence-corrected chi connectivity index (χ1v) is 5.63. The summed E-state index contributed by atoms with van der Waals surface area (Å²) in [6, 6.07) is -0.0736. The predicted molar refractivity (Wildman–Crippen MR) is 56.4 cm³/mol. The number of amides is 1. The largest absolute Gasteiger partial charge is 0.374 e. The average molecular weight is 213 g/mol. The first-order valence-electron chi connectivity index (χ1n) is 5.63. The van der Waals surface area contributed by atoms with E-state index in [1.54, 1.807) is 0 Å². The molecule has 2 aliphatic rings. The van der Waals surface area contributed by atoms with Crippen molar-refractivity contribution in [3.8, 4) is 0 Å². The first-order chi connectivity index (χ1) is 7.27. The van der Waals surface area contributed by atoms with Gasteiger partial charge in [-0.2, -0.15) is 0 Å². The summed E-state index contributed by atoms with van der Waals surface area (Å²) in [5.74, 6) is -0.198. The van der Waals surface area contributed by atoms with Crippen LogP contribution in [0.1, 0.15) is 12.8 Å². The highest BCUT2D eigenvalue weighted by atomic mass is 16.5. The van der Waals surface area contributed by atoms with Crippen molar-refractivity contribution in [3.05, 3.63) is 0 Å². The van der Waals surface area contributed by atoms with E-state index in [1.807, 2.05) is 0 Å². The number of ether oxygens (including phenoxy) is 1. The molecule has 0 radical (unpaired) electrons. The molecule has 0 saturated carbocycles. The number of nitrogens with two attached hydrogens (primary N) is 1. The molecule has 2 heterocycles. The van der Waals surface area contributed by atoms with Crippen LogP contribution in [0.15, 0.2) is 0 Å². The third-order valence-electron chi connectivity index (χ3n) is 3.13. The maximum absolute atomic E-state index is 11.2. The van der Waals surface area contributed by atoms with E-state index in [-0.39, 0.29) is 18.1 Å². The molecule has 0 spiro atoms. The van der Waals surface area contributed by atoms with E-state index < -0.39 is 0 Å². The van der Waals surface area contributed by atoms with Crippen molar-refractivity contribution in [2.45, 2.75) is 25.0 Å². The van der Waals surface area contributed by atoms with Gasteiger partial charge < -0.3 is 15.8 Å². The van der Waals surface area contributed by atoms with Crippen LogP contribution in [0, 0.1) is 0 Å². The van der Waals surface area contributed by atoms with Crippen LogP contribution in [0.2, 0.25) is 0 Å². The van der Waals surface area contributed by atoms with Gasteiger partial charge in [-0.3, -0.25) is 9.69 Å². The molecule has 0 aromatic heterocycles. The lowest BCUT2D eigenvalue weighted by atomic mass is 10.2. The number of carbonyl (C=O) groups is 1. The lowest BCUT2D eigenvalue weighted by molar-refractivity contribution is -0.122. The minimum Gasteiger partial charge on any atom is -0.374 e. The van der Waals surface area contributed by atoms with Crippen molar-refractivity contribution in [2.24, 2.45) is 5.73 Å². The van der Waals surface area contributed by atoms with Gasteiger partial charge >= 0.3 is 0 Å². The molecule has 5 nitrogen and oxygen atoms in total. The second-order valence-corrected chi connectivity index (χ2v) is 4.25. The summed E-state index contributed by atoms with van der Waals surface area (Å²) in [7, 11) is 0. The molecule has 0 aromatic carbocycles. The van der Waals surface area contributed by atoms with Crippen LogP contribution in [0.25, 0.3) is 0 Å². The van der Waals surface area contributed by atoms with Gasteiger partial charge in [0.1, 0.15) is 0 Å². The Bertz CT molecular complexity index is 229. The van der Waals surface area contributed by atoms with Crippen LogP contribution in [-0.2, 0) is 9.53 Å². The summed E-state index contributed by atoms with van der Waals surface area (Å²) >= 11 is 0. The number of hydrogen-bond acceptors (Lipinski definition) is 4. The Labute approximate surface area is 89.9 Å². The molecular weight excluding hydrogens is 194 g/mol. The number of carbonyl (C=O) groups excluding carboxylic acids is 1. The minimum atomic E-state index is -0.198. The molecule has 2 atom stereocenters. The zero-order chi connectivity index (χ0) is 10.7. The standard InChI is InChI=1S/C10H19N3O2/c11-10(14)9-2-1-4-13(9)7-8-6-12-3-5-15-8/h8-9,12H,1-7H2,(H2,11,14). The number of primary amides is 1. The van der Waals surface area contributed by atoms with Crippen LogP contribution in [0.5, 0.6) is 0 Å². The molecule has 2 fully saturated rings. The Kier molecular flexibility index (Phi) is 3.56. The highest BCUT2D eigenvalue weighted by Gasteiger charge is 2.31. The summed E-state index contributed by atoms with van der Waals surface area (Å²) in [5.41, 5.74) is 5.36. The summed E-state index contributed by atoms with van der Waals surface area (Å²) < 4.78 is 5.61. The lowest BCUT2D eigenvalue weighted by Gasteiger charge is -2.30. The molecule has 2 rings (SSSR count). The third kappa shape index (κ3) is 2.68. The Morgan fingerprint density at radius 2 is 2.47 bits per heavy atom.